The molecule has 3 aromatic rings. The Balaban J connectivity index is 1.92. The predicted octanol–water partition coefficient (Wildman–Crippen LogP) is 5.30. The van der Waals surface area contributed by atoms with E-state index in [9.17, 15) is 4.39 Å². The molecule has 1 aliphatic rings. The lowest BCUT2D eigenvalue weighted by Gasteiger charge is -2.12. The fourth-order valence-corrected chi connectivity index (χ4v) is 3.10. The Morgan fingerprint density at radius 3 is 2.43 bits per heavy atom. The van der Waals surface area contributed by atoms with Gasteiger partial charge in [0.1, 0.15) is 17.7 Å². The number of ether oxygens (including phenoxy) is 1. The van der Waals surface area contributed by atoms with E-state index in [4.69, 9.17) is 4.74 Å². The molecule has 1 aliphatic heterocycles. The summed E-state index contributed by atoms with van der Waals surface area (Å²) in [6.45, 7) is 4.01. The maximum atomic E-state index is 13.7. The summed E-state index contributed by atoms with van der Waals surface area (Å²) in [6.07, 6.45) is 0.682. The fourth-order valence-electron chi connectivity index (χ4n) is 3.10. The van der Waals surface area contributed by atoms with Crippen molar-refractivity contribution in [2.45, 2.75) is 12.5 Å². The van der Waals surface area contributed by atoms with Gasteiger partial charge in [0.25, 0.3) is 0 Å². The van der Waals surface area contributed by atoms with Gasteiger partial charge < -0.3 is 4.74 Å². The van der Waals surface area contributed by atoms with Crippen molar-refractivity contribution in [2.24, 2.45) is 0 Å². The van der Waals surface area contributed by atoms with Crippen LogP contribution in [0.15, 0.2) is 66.7 Å². The second-order valence-corrected chi connectivity index (χ2v) is 5.83. The largest absolute Gasteiger partial charge is 0.489 e. The average Bonchev–Trinajstić information content (AvgIpc) is 2.95. The summed E-state index contributed by atoms with van der Waals surface area (Å²) in [7, 11) is 0. The highest BCUT2D eigenvalue weighted by molar-refractivity contribution is 5.80. The summed E-state index contributed by atoms with van der Waals surface area (Å²) in [5.41, 5.74) is 5.13. The molecule has 2 heteroatoms. The molecule has 3 aromatic carbocycles. The second-order valence-electron chi connectivity index (χ2n) is 5.83. The molecule has 1 nitrogen and oxygen atoms in total. The maximum absolute atomic E-state index is 13.7. The van der Waals surface area contributed by atoms with E-state index in [2.05, 4.69) is 31.2 Å². The lowest BCUT2D eigenvalue weighted by atomic mass is 9.94. The van der Waals surface area contributed by atoms with Crippen molar-refractivity contribution in [1.29, 1.82) is 0 Å². The molecule has 0 aromatic heterocycles. The van der Waals surface area contributed by atoms with E-state index in [0.717, 1.165) is 40.0 Å². The van der Waals surface area contributed by atoms with E-state index in [0.29, 0.717) is 0 Å². The monoisotopic (exact) mass is 303 g/mol. The van der Waals surface area contributed by atoms with Gasteiger partial charge >= 0.3 is 0 Å². The first kappa shape index (κ1) is 14.0. The molecule has 1 unspecified atom stereocenters. The third kappa shape index (κ3) is 2.61. The predicted molar refractivity (Wildman–Crippen MR) is 90.7 cm³/mol. The Hall–Kier alpha value is -2.61. The minimum atomic E-state index is -0.245. The number of benzene rings is 3. The minimum absolute atomic E-state index is 0.0941. The third-order valence-corrected chi connectivity index (χ3v) is 4.14. The molecule has 0 saturated heterocycles. The molecule has 4 rings (SSSR count). The van der Waals surface area contributed by atoms with Crippen LogP contribution in [0.1, 0.15) is 5.56 Å². The Bertz CT molecular complexity index is 855. The van der Waals surface area contributed by atoms with Crippen LogP contribution in [0.2, 0.25) is 0 Å². The smallest absolute Gasteiger partial charge is 0.130 e. The quantitative estimate of drug-likeness (QED) is 0.624. The molecule has 1 heterocycles. The molecular formula is C21H16FO. The highest BCUT2D eigenvalue weighted by Crippen LogP contribution is 2.42. The van der Waals surface area contributed by atoms with Crippen LogP contribution in [-0.2, 0) is 6.42 Å². The van der Waals surface area contributed by atoms with Crippen molar-refractivity contribution in [3.63, 3.8) is 0 Å². The number of fused-ring (bicyclic) bond motifs is 1. The van der Waals surface area contributed by atoms with Crippen LogP contribution in [0.4, 0.5) is 4.39 Å². The molecule has 0 amide bonds. The van der Waals surface area contributed by atoms with Crippen LogP contribution >= 0.6 is 0 Å². The summed E-state index contributed by atoms with van der Waals surface area (Å²) in [5.74, 6) is 0.584. The molecule has 0 saturated carbocycles. The number of hydrogen-bond donors (Lipinski definition) is 0. The normalized spacial score (nSPS) is 16.0. The Morgan fingerprint density at radius 2 is 1.65 bits per heavy atom. The summed E-state index contributed by atoms with van der Waals surface area (Å²) >= 11 is 0. The molecule has 0 bridgehead atoms. The average molecular weight is 303 g/mol. The van der Waals surface area contributed by atoms with Gasteiger partial charge in [0.05, 0.1) is 0 Å². The molecule has 1 radical (unpaired) electrons. The van der Waals surface area contributed by atoms with Crippen LogP contribution in [0.3, 0.4) is 0 Å². The number of hydrogen-bond acceptors (Lipinski definition) is 1. The summed E-state index contributed by atoms with van der Waals surface area (Å²) in [4.78, 5) is 0. The first-order chi connectivity index (χ1) is 11.2. The number of rotatable bonds is 2. The van der Waals surface area contributed by atoms with E-state index < -0.39 is 0 Å². The Kier molecular flexibility index (Phi) is 3.38. The number of halogens is 1. The van der Waals surface area contributed by atoms with E-state index in [1.54, 1.807) is 12.1 Å². The van der Waals surface area contributed by atoms with Crippen molar-refractivity contribution < 1.29 is 9.13 Å². The molecule has 113 valence electrons. The van der Waals surface area contributed by atoms with Gasteiger partial charge in [-0.1, -0.05) is 42.5 Å². The zero-order valence-electron chi connectivity index (χ0n) is 12.6. The Labute approximate surface area is 135 Å². The zero-order valence-corrected chi connectivity index (χ0v) is 12.6. The van der Waals surface area contributed by atoms with E-state index in [-0.39, 0.29) is 11.9 Å². The zero-order chi connectivity index (χ0) is 15.8. The lowest BCUT2D eigenvalue weighted by molar-refractivity contribution is 0.282. The molecule has 0 N–H and O–H groups in total. The van der Waals surface area contributed by atoms with E-state index >= 15 is 0 Å². The third-order valence-electron chi connectivity index (χ3n) is 4.14. The minimum Gasteiger partial charge on any atom is -0.489 e. The van der Waals surface area contributed by atoms with Crippen LogP contribution in [0, 0.1) is 12.7 Å². The van der Waals surface area contributed by atoms with Crippen molar-refractivity contribution in [2.75, 3.05) is 0 Å². The highest BCUT2D eigenvalue weighted by Gasteiger charge is 2.24. The molecule has 0 aliphatic carbocycles. The van der Waals surface area contributed by atoms with Gasteiger partial charge in [-0.05, 0) is 53.4 Å². The topological polar surface area (TPSA) is 9.23 Å². The van der Waals surface area contributed by atoms with E-state index in [1.807, 2.05) is 24.3 Å². The van der Waals surface area contributed by atoms with Gasteiger partial charge in [-0.25, -0.2) is 4.39 Å². The summed E-state index contributed by atoms with van der Waals surface area (Å²) in [5, 5.41) is 0. The fraction of sp³-hybridized carbons (Fsp3) is 0.0952. The van der Waals surface area contributed by atoms with E-state index in [1.165, 1.54) is 6.07 Å². The standard InChI is InChI=1S/C21H16FO/c1-14-10-18-11-17(15-6-3-2-4-7-15)13-20(21(18)23-14)16-8-5-9-19(22)12-16/h2-9,11-14H,1,10H2. The van der Waals surface area contributed by atoms with Crippen molar-refractivity contribution in [1.82, 2.24) is 0 Å². The van der Waals surface area contributed by atoms with Crippen molar-refractivity contribution in [3.05, 3.63) is 85.0 Å². The maximum Gasteiger partial charge on any atom is 0.130 e. The Morgan fingerprint density at radius 1 is 0.870 bits per heavy atom. The van der Waals surface area contributed by atoms with Gasteiger partial charge in [0.15, 0.2) is 0 Å². The van der Waals surface area contributed by atoms with Gasteiger partial charge in [-0.15, -0.1) is 0 Å². The van der Waals surface area contributed by atoms with Gasteiger partial charge in [-0.2, -0.15) is 0 Å². The van der Waals surface area contributed by atoms with Gasteiger partial charge in [-0.3, -0.25) is 0 Å². The first-order valence-electron chi connectivity index (χ1n) is 7.69. The van der Waals surface area contributed by atoms with Crippen LogP contribution in [0.5, 0.6) is 5.75 Å². The first-order valence-corrected chi connectivity index (χ1v) is 7.69. The summed E-state index contributed by atoms with van der Waals surface area (Å²) < 4.78 is 19.5. The van der Waals surface area contributed by atoms with Crippen molar-refractivity contribution in [3.8, 4) is 28.0 Å². The van der Waals surface area contributed by atoms with Crippen LogP contribution < -0.4 is 4.74 Å². The second kappa shape index (κ2) is 5.54. The molecule has 0 spiro atoms. The van der Waals surface area contributed by atoms with Crippen LogP contribution in [-0.4, -0.2) is 6.10 Å². The SMILES string of the molecule is [CH2]C1Cc2cc(-c3ccccc3)cc(-c3cccc(F)c3)c2O1. The molecule has 23 heavy (non-hydrogen) atoms. The van der Waals surface area contributed by atoms with Gasteiger partial charge in [0, 0.05) is 12.0 Å². The molecule has 0 fully saturated rings. The van der Waals surface area contributed by atoms with Gasteiger partial charge in [0.2, 0.25) is 0 Å². The lowest BCUT2D eigenvalue weighted by Crippen LogP contribution is -2.06. The molecule has 1 atom stereocenters. The van der Waals surface area contributed by atoms with Crippen LogP contribution in [0.25, 0.3) is 22.3 Å². The highest BCUT2D eigenvalue weighted by atomic mass is 19.1. The molecular weight excluding hydrogens is 287 g/mol. The summed E-state index contributed by atoms with van der Waals surface area (Å²) in [6, 6.07) is 21.1. The van der Waals surface area contributed by atoms with Crippen molar-refractivity contribution >= 4 is 0 Å².